The minimum Gasteiger partial charge on any atom is -0.368 e. The number of hydrogen-bond donors (Lipinski definition) is 2. The molecule has 2 aromatic carbocycles. The first-order valence-corrected chi connectivity index (χ1v) is 9.12. The first-order chi connectivity index (χ1) is 13.0. The number of hydrogen-bond acceptors (Lipinski definition) is 6. The standard InChI is InChI=1S/C21H26N6/c1-4-16-7-9-17(10-8-16)13-27(3)14-19-24-20(22)26-21(25-19)23-18-11-5-15(2)6-12-18/h5-12H,4,13-14H2,1-3H3,(H3,22,23,24,25,26). The van der Waals surface area contributed by atoms with Crippen molar-refractivity contribution in [3.05, 3.63) is 71.0 Å². The summed E-state index contributed by atoms with van der Waals surface area (Å²) < 4.78 is 0. The van der Waals surface area contributed by atoms with Crippen LogP contribution in [0, 0.1) is 6.92 Å². The number of aromatic nitrogens is 3. The van der Waals surface area contributed by atoms with E-state index in [-0.39, 0.29) is 5.95 Å². The molecule has 0 bridgehead atoms. The molecule has 0 aliphatic carbocycles. The lowest BCUT2D eigenvalue weighted by atomic mass is 10.1. The van der Waals surface area contributed by atoms with Gasteiger partial charge in [0.25, 0.3) is 0 Å². The van der Waals surface area contributed by atoms with Gasteiger partial charge in [-0.25, -0.2) is 0 Å². The van der Waals surface area contributed by atoms with Crippen LogP contribution >= 0.6 is 0 Å². The summed E-state index contributed by atoms with van der Waals surface area (Å²) in [5.74, 6) is 1.32. The second-order valence-electron chi connectivity index (χ2n) is 6.77. The van der Waals surface area contributed by atoms with Crippen molar-refractivity contribution >= 4 is 17.6 Å². The van der Waals surface area contributed by atoms with Crippen LogP contribution < -0.4 is 11.1 Å². The van der Waals surface area contributed by atoms with Crippen LogP contribution in [0.2, 0.25) is 0 Å². The Hall–Kier alpha value is -2.99. The molecular formula is C21H26N6. The van der Waals surface area contributed by atoms with Gasteiger partial charge in [-0.05, 0) is 43.7 Å². The van der Waals surface area contributed by atoms with E-state index in [1.54, 1.807) is 0 Å². The Kier molecular flexibility index (Phi) is 5.98. The van der Waals surface area contributed by atoms with E-state index in [9.17, 15) is 0 Å². The van der Waals surface area contributed by atoms with Crippen molar-refractivity contribution < 1.29 is 0 Å². The Labute approximate surface area is 160 Å². The van der Waals surface area contributed by atoms with Gasteiger partial charge >= 0.3 is 0 Å². The first kappa shape index (κ1) is 18.8. The molecule has 0 fully saturated rings. The third kappa shape index (κ3) is 5.49. The van der Waals surface area contributed by atoms with Gasteiger partial charge in [0.1, 0.15) is 5.82 Å². The first-order valence-electron chi connectivity index (χ1n) is 9.12. The fraction of sp³-hybridized carbons (Fsp3) is 0.286. The Morgan fingerprint density at radius 3 is 2.22 bits per heavy atom. The maximum atomic E-state index is 5.88. The highest BCUT2D eigenvalue weighted by Gasteiger charge is 2.09. The average molecular weight is 362 g/mol. The molecular weight excluding hydrogens is 336 g/mol. The molecule has 0 saturated heterocycles. The van der Waals surface area contributed by atoms with E-state index in [1.165, 1.54) is 16.7 Å². The largest absolute Gasteiger partial charge is 0.368 e. The summed E-state index contributed by atoms with van der Waals surface area (Å²) in [6.45, 7) is 5.62. The molecule has 6 nitrogen and oxygen atoms in total. The predicted molar refractivity (Wildman–Crippen MR) is 110 cm³/mol. The zero-order chi connectivity index (χ0) is 19.2. The SMILES string of the molecule is CCc1ccc(CN(C)Cc2nc(N)nc(Nc3ccc(C)cc3)n2)cc1. The number of nitrogens with one attached hydrogen (secondary N) is 1. The van der Waals surface area contributed by atoms with Gasteiger partial charge < -0.3 is 11.1 Å². The lowest BCUT2D eigenvalue weighted by Gasteiger charge is -2.16. The zero-order valence-electron chi connectivity index (χ0n) is 16.1. The number of aryl methyl sites for hydroxylation is 2. The van der Waals surface area contributed by atoms with Crippen LogP contribution in [0.3, 0.4) is 0 Å². The lowest BCUT2D eigenvalue weighted by molar-refractivity contribution is 0.310. The van der Waals surface area contributed by atoms with Gasteiger partial charge in [-0.1, -0.05) is 48.9 Å². The smallest absolute Gasteiger partial charge is 0.232 e. The number of nitrogen functional groups attached to an aromatic ring is 1. The van der Waals surface area contributed by atoms with Crippen molar-refractivity contribution in [2.24, 2.45) is 0 Å². The Morgan fingerprint density at radius 1 is 0.889 bits per heavy atom. The topological polar surface area (TPSA) is 80.0 Å². The summed E-state index contributed by atoms with van der Waals surface area (Å²) in [5.41, 5.74) is 10.6. The molecule has 0 unspecified atom stereocenters. The molecule has 0 aliphatic rings. The van der Waals surface area contributed by atoms with Gasteiger partial charge in [0.2, 0.25) is 11.9 Å². The van der Waals surface area contributed by atoms with Crippen molar-refractivity contribution in [1.82, 2.24) is 19.9 Å². The molecule has 0 amide bonds. The summed E-state index contributed by atoms with van der Waals surface area (Å²) in [6.07, 6.45) is 1.05. The third-order valence-electron chi connectivity index (χ3n) is 4.30. The van der Waals surface area contributed by atoms with Crippen molar-refractivity contribution in [2.75, 3.05) is 18.1 Å². The molecule has 6 heteroatoms. The summed E-state index contributed by atoms with van der Waals surface area (Å²) >= 11 is 0. The molecule has 3 aromatic rings. The zero-order valence-corrected chi connectivity index (χ0v) is 16.1. The molecule has 1 aromatic heterocycles. The van der Waals surface area contributed by atoms with Gasteiger partial charge in [0.15, 0.2) is 0 Å². The Balaban J connectivity index is 1.66. The maximum Gasteiger partial charge on any atom is 0.232 e. The number of anilines is 3. The van der Waals surface area contributed by atoms with Crippen molar-refractivity contribution in [2.45, 2.75) is 33.4 Å². The van der Waals surface area contributed by atoms with E-state index in [2.05, 4.69) is 63.3 Å². The van der Waals surface area contributed by atoms with E-state index >= 15 is 0 Å². The molecule has 1 heterocycles. The van der Waals surface area contributed by atoms with Gasteiger partial charge in [-0.15, -0.1) is 0 Å². The molecule has 0 radical (unpaired) electrons. The number of nitrogens with two attached hydrogens (primary N) is 1. The molecule has 0 spiro atoms. The molecule has 3 N–H and O–H groups in total. The number of rotatable bonds is 7. The van der Waals surface area contributed by atoms with E-state index in [4.69, 9.17) is 5.73 Å². The predicted octanol–water partition coefficient (Wildman–Crippen LogP) is 3.70. The van der Waals surface area contributed by atoms with Crippen LogP contribution in [0.1, 0.15) is 29.4 Å². The Bertz CT molecular complexity index is 874. The number of benzene rings is 2. The second-order valence-corrected chi connectivity index (χ2v) is 6.77. The molecule has 140 valence electrons. The molecule has 0 atom stereocenters. The van der Waals surface area contributed by atoms with Gasteiger partial charge in [0.05, 0.1) is 6.54 Å². The summed E-state index contributed by atoms with van der Waals surface area (Å²) in [6, 6.07) is 16.7. The molecule has 3 rings (SSSR count). The third-order valence-corrected chi connectivity index (χ3v) is 4.30. The van der Waals surface area contributed by atoms with Gasteiger partial charge in [-0.3, -0.25) is 4.90 Å². The van der Waals surface area contributed by atoms with Crippen LogP contribution in [0.25, 0.3) is 0 Å². The Morgan fingerprint density at radius 2 is 1.56 bits per heavy atom. The monoisotopic (exact) mass is 362 g/mol. The van der Waals surface area contributed by atoms with Crippen molar-refractivity contribution in [1.29, 1.82) is 0 Å². The van der Waals surface area contributed by atoms with Gasteiger partial charge in [-0.2, -0.15) is 15.0 Å². The fourth-order valence-electron chi connectivity index (χ4n) is 2.82. The van der Waals surface area contributed by atoms with Crippen molar-refractivity contribution in [3.8, 4) is 0 Å². The van der Waals surface area contributed by atoms with E-state index < -0.39 is 0 Å². The van der Waals surface area contributed by atoms with Crippen LogP contribution in [0.5, 0.6) is 0 Å². The minimum atomic E-state index is 0.218. The van der Waals surface area contributed by atoms with E-state index in [0.29, 0.717) is 18.3 Å². The fourth-order valence-corrected chi connectivity index (χ4v) is 2.82. The summed E-state index contributed by atoms with van der Waals surface area (Å²) in [5, 5.41) is 3.19. The highest BCUT2D eigenvalue weighted by molar-refractivity contribution is 5.54. The van der Waals surface area contributed by atoms with E-state index in [0.717, 1.165) is 18.7 Å². The normalized spacial score (nSPS) is 11.0. The highest BCUT2D eigenvalue weighted by atomic mass is 15.2. The maximum absolute atomic E-state index is 5.88. The van der Waals surface area contributed by atoms with E-state index in [1.807, 2.05) is 31.3 Å². The van der Waals surface area contributed by atoms with Crippen molar-refractivity contribution in [3.63, 3.8) is 0 Å². The summed E-state index contributed by atoms with van der Waals surface area (Å²) in [7, 11) is 2.04. The second kappa shape index (κ2) is 8.60. The number of nitrogens with zero attached hydrogens (tertiary/aromatic N) is 4. The minimum absolute atomic E-state index is 0.218. The quantitative estimate of drug-likeness (QED) is 0.667. The highest BCUT2D eigenvalue weighted by Crippen LogP contribution is 2.15. The summed E-state index contributed by atoms with van der Waals surface area (Å²) in [4.78, 5) is 15.1. The molecule has 27 heavy (non-hydrogen) atoms. The van der Waals surface area contributed by atoms with Crippen LogP contribution in [-0.4, -0.2) is 26.9 Å². The molecule has 0 aliphatic heterocycles. The van der Waals surface area contributed by atoms with Crippen LogP contribution in [-0.2, 0) is 19.5 Å². The lowest BCUT2D eigenvalue weighted by Crippen LogP contribution is -2.20. The van der Waals surface area contributed by atoms with Crippen LogP contribution in [0.15, 0.2) is 48.5 Å². The average Bonchev–Trinajstić information content (AvgIpc) is 2.63. The van der Waals surface area contributed by atoms with Crippen LogP contribution in [0.4, 0.5) is 17.6 Å². The molecule has 0 saturated carbocycles. The van der Waals surface area contributed by atoms with Gasteiger partial charge in [0, 0.05) is 12.2 Å².